The molecule has 2 aromatic carbocycles. The second-order valence-electron chi connectivity index (χ2n) is 6.51. The average Bonchev–Trinajstić information content (AvgIpc) is 3.52. The zero-order chi connectivity index (χ0) is 25.3. The van der Waals surface area contributed by atoms with Crippen molar-refractivity contribution < 1.29 is 9.59 Å². The van der Waals surface area contributed by atoms with Crippen molar-refractivity contribution in [2.45, 2.75) is 27.3 Å². The van der Waals surface area contributed by atoms with Crippen LogP contribution in [0.4, 0.5) is 0 Å². The third kappa shape index (κ3) is 8.22. The van der Waals surface area contributed by atoms with Gasteiger partial charge >= 0.3 is 0 Å². The fourth-order valence-corrected chi connectivity index (χ4v) is 3.03. The van der Waals surface area contributed by atoms with Crippen molar-refractivity contribution in [1.29, 1.82) is 0 Å². The van der Waals surface area contributed by atoms with E-state index < -0.39 is 0 Å². The molecule has 0 saturated heterocycles. The van der Waals surface area contributed by atoms with Crippen LogP contribution in [0.1, 0.15) is 42.5 Å². The van der Waals surface area contributed by atoms with Crippen LogP contribution in [-0.4, -0.2) is 26.6 Å². The second-order valence-corrected chi connectivity index (χ2v) is 6.95. The lowest BCUT2D eigenvalue weighted by atomic mass is 10.1. The Labute approximate surface area is 205 Å². The standard InChI is InChI=1S/C19H14ClN3O.C3H5NO.C3H6.C2H6/c20-14-7-5-13(6-8-14)11-23-12-16(15-3-1-2-4-17(15)23)18(24)19-21-9-10-22-19;4-2-1-3-5;1-3-2;1-2/h1-10,12H,11H2,(H,21,22);1-3H,4H2;3H,1H2,2H3;1-2H3/b;2-1+;;. The molecule has 7 heteroatoms. The maximum Gasteiger partial charge on any atom is 0.230 e. The summed E-state index contributed by atoms with van der Waals surface area (Å²) in [5.41, 5.74) is 7.51. The number of carbonyl (C=O) groups excluding carboxylic acids is 2. The average molecular weight is 479 g/mol. The predicted molar refractivity (Wildman–Crippen MR) is 141 cm³/mol. The van der Waals surface area contributed by atoms with Crippen molar-refractivity contribution in [1.82, 2.24) is 14.5 Å². The number of allylic oxidation sites excluding steroid dienone is 2. The number of halogens is 1. The summed E-state index contributed by atoms with van der Waals surface area (Å²) in [7, 11) is 0. The molecule has 6 nitrogen and oxygen atoms in total. The Bertz CT molecular complexity index is 1180. The van der Waals surface area contributed by atoms with Crippen LogP contribution in [0.15, 0.2) is 92.1 Å². The second kappa shape index (κ2) is 15.8. The number of benzene rings is 2. The van der Waals surface area contributed by atoms with Crippen LogP contribution in [-0.2, 0) is 11.3 Å². The molecule has 0 unspecified atom stereocenters. The van der Waals surface area contributed by atoms with Crippen molar-refractivity contribution in [3.05, 3.63) is 114 Å². The minimum absolute atomic E-state index is 0.106. The van der Waals surface area contributed by atoms with Gasteiger partial charge in [-0.05, 0) is 43.0 Å². The van der Waals surface area contributed by atoms with Crippen LogP contribution < -0.4 is 5.73 Å². The molecule has 0 aliphatic heterocycles. The summed E-state index contributed by atoms with van der Waals surface area (Å²) in [4.78, 5) is 28.9. The molecule has 0 radical (unpaired) electrons. The van der Waals surface area contributed by atoms with Gasteiger partial charge in [0.25, 0.3) is 0 Å². The van der Waals surface area contributed by atoms with Gasteiger partial charge in [-0.15, -0.1) is 6.58 Å². The lowest BCUT2D eigenvalue weighted by Gasteiger charge is -2.05. The molecule has 0 saturated carbocycles. The highest BCUT2D eigenvalue weighted by molar-refractivity contribution is 6.30. The maximum atomic E-state index is 12.7. The molecule has 2 heterocycles. The van der Waals surface area contributed by atoms with E-state index >= 15 is 0 Å². The van der Waals surface area contributed by atoms with Gasteiger partial charge in [-0.3, -0.25) is 9.59 Å². The van der Waals surface area contributed by atoms with Gasteiger partial charge in [0.1, 0.15) is 6.29 Å². The quantitative estimate of drug-likeness (QED) is 0.155. The molecular formula is C27H31ClN4O2. The zero-order valence-electron chi connectivity index (χ0n) is 19.7. The van der Waals surface area contributed by atoms with E-state index in [2.05, 4.69) is 21.1 Å². The third-order valence-corrected chi connectivity index (χ3v) is 4.45. The molecular weight excluding hydrogens is 448 g/mol. The summed E-state index contributed by atoms with van der Waals surface area (Å²) in [6.45, 7) is 9.92. The Balaban J connectivity index is 0.000000499. The lowest BCUT2D eigenvalue weighted by molar-refractivity contribution is -0.104. The number of fused-ring (bicyclic) bond motifs is 1. The summed E-state index contributed by atoms with van der Waals surface area (Å²) in [6, 6.07) is 15.6. The monoisotopic (exact) mass is 478 g/mol. The normalized spacial score (nSPS) is 9.65. The predicted octanol–water partition coefficient (Wildman–Crippen LogP) is 6.17. The molecule has 2 aromatic heterocycles. The highest BCUT2D eigenvalue weighted by Crippen LogP contribution is 2.24. The summed E-state index contributed by atoms with van der Waals surface area (Å²) in [6.07, 6.45) is 9.91. The zero-order valence-corrected chi connectivity index (χ0v) is 20.5. The minimum atomic E-state index is -0.106. The summed E-state index contributed by atoms with van der Waals surface area (Å²) < 4.78 is 2.08. The van der Waals surface area contributed by atoms with E-state index in [1.165, 1.54) is 12.3 Å². The first kappa shape index (κ1) is 28.1. The largest absolute Gasteiger partial charge is 0.405 e. The highest BCUT2D eigenvalue weighted by Gasteiger charge is 2.18. The van der Waals surface area contributed by atoms with Crippen molar-refractivity contribution in [2.24, 2.45) is 5.73 Å². The van der Waals surface area contributed by atoms with E-state index in [-0.39, 0.29) is 5.78 Å². The number of carbonyl (C=O) groups is 2. The van der Waals surface area contributed by atoms with Crippen LogP contribution in [0.5, 0.6) is 0 Å². The molecule has 4 rings (SSSR count). The minimum Gasteiger partial charge on any atom is -0.405 e. The molecule has 34 heavy (non-hydrogen) atoms. The van der Waals surface area contributed by atoms with E-state index in [1.807, 2.05) is 75.5 Å². The highest BCUT2D eigenvalue weighted by atomic mass is 35.5. The van der Waals surface area contributed by atoms with Crippen LogP contribution in [0.2, 0.25) is 5.02 Å². The van der Waals surface area contributed by atoms with Gasteiger partial charge in [-0.2, -0.15) is 0 Å². The number of hydrogen-bond acceptors (Lipinski definition) is 4. The molecule has 0 aliphatic carbocycles. The van der Waals surface area contributed by atoms with Crippen molar-refractivity contribution in [3.8, 4) is 0 Å². The Kier molecular flexibility index (Phi) is 13.1. The van der Waals surface area contributed by atoms with E-state index in [0.29, 0.717) is 29.2 Å². The SMILES string of the molecule is C=CC.CC.N/C=C/C=O.O=C(c1ncc[nH]1)c1cn(Cc2ccc(Cl)cc2)c2ccccc12. The topological polar surface area (TPSA) is 93.8 Å². The number of rotatable bonds is 5. The van der Waals surface area contributed by atoms with Crippen LogP contribution in [0.3, 0.4) is 0 Å². The van der Waals surface area contributed by atoms with Gasteiger partial charge in [0.2, 0.25) is 5.78 Å². The van der Waals surface area contributed by atoms with Gasteiger partial charge in [-0.1, -0.05) is 61.9 Å². The summed E-state index contributed by atoms with van der Waals surface area (Å²) in [5.74, 6) is 0.246. The summed E-state index contributed by atoms with van der Waals surface area (Å²) >= 11 is 5.95. The number of hydrogen-bond donors (Lipinski definition) is 2. The fourth-order valence-electron chi connectivity index (χ4n) is 2.91. The smallest absolute Gasteiger partial charge is 0.230 e. The van der Waals surface area contributed by atoms with Gasteiger partial charge < -0.3 is 15.3 Å². The number of nitrogens with zero attached hydrogens (tertiary/aromatic N) is 2. The first-order valence-corrected chi connectivity index (χ1v) is 11.2. The third-order valence-electron chi connectivity index (χ3n) is 4.20. The maximum absolute atomic E-state index is 12.7. The molecule has 4 aromatic rings. The number of ketones is 1. The lowest BCUT2D eigenvalue weighted by Crippen LogP contribution is -2.03. The van der Waals surface area contributed by atoms with E-state index in [9.17, 15) is 9.59 Å². The number of para-hydroxylation sites is 1. The number of aldehydes is 1. The molecule has 0 aliphatic rings. The van der Waals surface area contributed by atoms with Crippen molar-refractivity contribution in [3.63, 3.8) is 0 Å². The number of aromatic nitrogens is 3. The molecule has 0 atom stereocenters. The number of nitrogens with two attached hydrogens (primary N) is 1. The number of H-pyrrole nitrogens is 1. The Morgan fingerprint density at radius 1 is 1.18 bits per heavy atom. The van der Waals surface area contributed by atoms with Crippen LogP contribution in [0.25, 0.3) is 10.9 Å². The molecule has 178 valence electrons. The summed E-state index contributed by atoms with van der Waals surface area (Å²) in [5, 5.41) is 1.64. The molecule has 3 N–H and O–H groups in total. The van der Waals surface area contributed by atoms with Gasteiger partial charge in [-0.25, -0.2) is 4.98 Å². The fraction of sp³-hybridized carbons (Fsp3) is 0.148. The van der Waals surface area contributed by atoms with Gasteiger partial charge in [0, 0.05) is 41.1 Å². The Morgan fingerprint density at radius 3 is 2.35 bits per heavy atom. The first-order valence-electron chi connectivity index (χ1n) is 10.8. The molecule has 0 bridgehead atoms. The van der Waals surface area contributed by atoms with Crippen molar-refractivity contribution in [2.75, 3.05) is 0 Å². The van der Waals surface area contributed by atoms with Gasteiger partial charge in [0.15, 0.2) is 5.82 Å². The molecule has 0 spiro atoms. The van der Waals surface area contributed by atoms with Crippen LogP contribution >= 0.6 is 11.6 Å². The number of nitrogens with one attached hydrogen (secondary N) is 1. The first-order chi connectivity index (χ1) is 16.5. The number of aromatic amines is 1. The van der Waals surface area contributed by atoms with Crippen LogP contribution in [0, 0.1) is 0 Å². The van der Waals surface area contributed by atoms with E-state index in [4.69, 9.17) is 17.3 Å². The van der Waals surface area contributed by atoms with E-state index in [0.717, 1.165) is 16.5 Å². The van der Waals surface area contributed by atoms with Crippen molar-refractivity contribution >= 4 is 34.6 Å². The van der Waals surface area contributed by atoms with E-state index in [1.54, 1.807) is 18.5 Å². The number of imidazole rings is 1. The Hall–Kier alpha value is -3.90. The molecule has 0 amide bonds. The Morgan fingerprint density at radius 2 is 1.82 bits per heavy atom. The molecule has 0 fully saturated rings. The van der Waals surface area contributed by atoms with Gasteiger partial charge in [0.05, 0.1) is 5.56 Å².